The predicted molar refractivity (Wildman–Crippen MR) is 167 cm³/mol. The zero-order valence-electron chi connectivity index (χ0n) is 26.7. The SMILES string of the molecule is CC.CCCCCCCCC(CC1CCCCC1)C(=O)O.CCCCCCCCC(CCC1CCC1)C(=O)O. The van der Waals surface area contributed by atoms with Gasteiger partial charge >= 0.3 is 11.9 Å². The lowest BCUT2D eigenvalue weighted by Crippen LogP contribution is -2.19. The van der Waals surface area contributed by atoms with Crippen LogP contribution in [-0.2, 0) is 9.59 Å². The van der Waals surface area contributed by atoms with Crippen LogP contribution >= 0.6 is 0 Å². The van der Waals surface area contributed by atoms with E-state index in [1.165, 1.54) is 116 Å². The molecule has 232 valence electrons. The van der Waals surface area contributed by atoms with E-state index in [1.54, 1.807) is 0 Å². The fraction of sp³-hybridized carbons (Fsp3) is 0.943. The van der Waals surface area contributed by atoms with Crippen LogP contribution in [0.5, 0.6) is 0 Å². The van der Waals surface area contributed by atoms with Crippen molar-refractivity contribution in [2.24, 2.45) is 23.7 Å². The molecule has 2 N–H and O–H groups in total. The zero-order chi connectivity index (χ0) is 29.1. The zero-order valence-corrected chi connectivity index (χ0v) is 26.7. The molecule has 2 saturated carbocycles. The van der Waals surface area contributed by atoms with Gasteiger partial charge in [-0.3, -0.25) is 9.59 Å². The Hall–Kier alpha value is -1.06. The maximum Gasteiger partial charge on any atom is 0.306 e. The second-order valence-corrected chi connectivity index (χ2v) is 12.3. The summed E-state index contributed by atoms with van der Waals surface area (Å²) < 4.78 is 0. The van der Waals surface area contributed by atoms with Crippen LogP contribution < -0.4 is 0 Å². The van der Waals surface area contributed by atoms with Crippen molar-refractivity contribution in [1.29, 1.82) is 0 Å². The monoisotopic (exact) mass is 553 g/mol. The summed E-state index contributed by atoms with van der Waals surface area (Å²) in [6.45, 7) is 8.45. The molecule has 2 atom stereocenters. The highest BCUT2D eigenvalue weighted by Crippen LogP contribution is 2.33. The summed E-state index contributed by atoms with van der Waals surface area (Å²) in [4.78, 5) is 22.5. The number of aliphatic carboxylic acids is 2. The Balaban J connectivity index is 0.000000697. The first-order valence-corrected chi connectivity index (χ1v) is 17.4. The van der Waals surface area contributed by atoms with Crippen LogP contribution in [0.2, 0.25) is 0 Å². The molecule has 2 rings (SSSR count). The predicted octanol–water partition coefficient (Wildman–Crippen LogP) is 11.5. The van der Waals surface area contributed by atoms with Crippen LogP contribution in [0.15, 0.2) is 0 Å². The fourth-order valence-corrected chi connectivity index (χ4v) is 6.12. The maximum absolute atomic E-state index is 11.3. The lowest BCUT2D eigenvalue weighted by molar-refractivity contribution is -0.143. The fourth-order valence-electron chi connectivity index (χ4n) is 6.12. The van der Waals surface area contributed by atoms with Gasteiger partial charge in [-0.25, -0.2) is 0 Å². The van der Waals surface area contributed by atoms with Crippen LogP contribution in [0, 0.1) is 23.7 Å². The number of unbranched alkanes of at least 4 members (excludes halogenated alkanes) is 10. The third-order valence-corrected chi connectivity index (χ3v) is 9.00. The van der Waals surface area contributed by atoms with Gasteiger partial charge in [-0.15, -0.1) is 0 Å². The average Bonchev–Trinajstić information content (AvgIpc) is 2.91. The molecule has 0 radical (unpaired) electrons. The molecular weight excluding hydrogens is 484 g/mol. The van der Waals surface area contributed by atoms with E-state index in [1.807, 2.05) is 13.8 Å². The van der Waals surface area contributed by atoms with E-state index in [9.17, 15) is 19.8 Å². The van der Waals surface area contributed by atoms with Crippen molar-refractivity contribution < 1.29 is 19.8 Å². The average molecular weight is 553 g/mol. The van der Waals surface area contributed by atoms with Crippen LogP contribution in [-0.4, -0.2) is 22.2 Å². The topological polar surface area (TPSA) is 74.6 Å². The molecule has 0 spiro atoms. The van der Waals surface area contributed by atoms with E-state index in [0.717, 1.165) is 50.9 Å². The van der Waals surface area contributed by atoms with E-state index in [0.29, 0.717) is 5.92 Å². The second kappa shape index (κ2) is 27.1. The number of hydrogen-bond acceptors (Lipinski definition) is 2. The molecule has 0 heterocycles. The molecule has 0 aromatic rings. The summed E-state index contributed by atoms with van der Waals surface area (Å²) in [7, 11) is 0. The van der Waals surface area contributed by atoms with Gasteiger partial charge in [0.1, 0.15) is 0 Å². The molecule has 4 nitrogen and oxygen atoms in total. The van der Waals surface area contributed by atoms with Gasteiger partial charge in [0.2, 0.25) is 0 Å². The van der Waals surface area contributed by atoms with Crippen molar-refractivity contribution in [2.45, 2.75) is 188 Å². The van der Waals surface area contributed by atoms with Crippen LogP contribution in [0.4, 0.5) is 0 Å². The number of carboxylic acid groups (broad SMARTS) is 2. The van der Waals surface area contributed by atoms with E-state index in [2.05, 4.69) is 13.8 Å². The van der Waals surface area contributed by atoms with Gasteiger partial charge < -0.3 is 10.2 Å². The van der Waals surface area contributed by atoms with Crippen molar-refractivity contribution >= 4 is 11.9 Å². The summed E-state index contributed by atoms with van der Waals surface area (Å²) in [6, 6.07) is 0. The summed E-state index contributed by atoms with van der Waals surface area (Å²) in [5, 5.41) is 18.6. The Morgan fingerprint density at radius 3 is 1.44 bits per heavy atom. The quantitative estimate of drug-likeness (QED) is 0.139. The van der Waals surface area contributed by atoms with Crippen LogP contribution in [0.25, 0.3) is 0 Å². The molecule has 0 amide bonds. The molecule has 0 aliphatic heterocycles. The summed E-state index contributed by atoms with van der Waals surface area (Å²) in [6.07, 6.45) is 30.4. The number of rotatable bonds is 21. The lowest BCUT2D eigenvalue weighted by atomic mass is 9.80. The van der Waals surface area contributed by atoms with Crippen molar-refractivity contribution in [3.63, 3.8) is 0 Å². The molecule has 0 bridgehead atoms. The van der Waals surface area contributed by atoms with Crippen molar-refractivity contribution in [2.75, 3.05) is 0 Å². The second-order valence-electron chi connectivity index (χ2n) is 12.3. The van der Waals surface area contributed by atoms with Crippen LogP contribution in [0.3, 0.4) is 0 Å². The molecular formula is C35H68O4. The minimum atomic E-state index is -0.567. The third-order valence-electron chi connectivity index (χ3n) is 9.00. The Morgan fingerprint density at radius 2 is 1.00 bits per heavy atom. The van der Waals surface area contributed by atoms with E-state index in [-0.39, 0.29) is 11.8 Å². The highest BCUT2D eigenvalue weighted by atomic mass is 16.4. The first kappa shape index (κ1) is 37.9. The largest absolute Gasteiger partial charge is 0.481 e. The molecule has 2 unspecified atom stereocenters. The van der Waals surface area contributed by atoms with Gasteiger partial charge in [-0.2, -0.15) is 0 Å². The number of carbonyl (C=O) groups is 2. The van der Waals surface area contributed by atoms with Gasteiger partial charge in [0.05, 0.1) is 11.8 Å². The Labute approximate surface area is 243 Å². The molecule has 0 aromatic carbocycles. The molecule has 39 heavy (non-hydrogen) atoms. The standard InChI is InChI=1S/C17H32O2.C16H30O2.C2H6/c1-2-3-4-5-6-10-13-16(17(18)19)14-15-11-8-7-9-12-15;1-2-3-4-5-6-7-11-15(16(17)18)13-12-14-9-8-10-14;1-2/h15-16H,2-14H2,1H3,(H,18,19);14-15H,2-13H2,1H3,(H,17,18);1-2H3. The Kier molecular flexibility index (Phi) is 26.4. The molecule has 2 aliphatic rings. The van der Waals surface area contributed by atoms with E-state index < -0.39 is 11.9 Å². The molecule has 2 aliphatic carbocycles. The van der Waals surface area contributed by atoms with Gasteiger partial charge in [-0.1, -0.05) is 156 Å². The molecule has 4 heteroatoms. The number of carboxylic acids is 2. The van der Waals surface area contributed by atoms with Crippen LogP contribution in [0.1, 0.15) is 188 Å². The Bertz CT molecular complexity index is 551. The smallest absolute Gasteiger partial charge is 0.306 e. The summed E-state index contributed by atoms with van der Waals surface area (Å²) in [5.41, 5.74) is 0. The third kappa shape index (κ3) is 21.4. The van der Waals surface area contributed by atoms with E-state index >= 15 is 0 Å². The molecule has 0 saturated heterocycles. The van der Waals surface area contributed by atoms with E-state index in [4.69, 9.17) is 0 Å². The first-order chi connectivity index (χ1) is 19.0. The highest BCUT2D eigenvalue weighted by molar-refractivity contribution is 5.70. The van der Waals surface area contributed by atoms with Crippen molar-refractivity contribution in [1.82, 2.24) is 0 Å². The first-order valence-electron chi connectivity index (χ1n) is 17.4. The summed E-state index contributed by atoms with van der Waals surface area (Å²) >= 11 is 0. The van der Waals surface area contributed by atoms with Gasteiger partial charge in [-0.05, 0) is 43.9 Å². The van der Waals surface area contributed by atoms with Gasteiger partial charge in [0.25, 0.3) is 0 Å². The highest BCUT2D eigenvalue weighted by Gasteiger charge is 2.24. The normalized spacial score (nSPS) is 17.1. The van der Waals surface area contributed by atoms with Crippen molar-refractivity contribution in [3.05, 3.63) is 0 Å². The minimum Gasteiger partial charge on any atom is -0.481 e. The van der Waals surface area contributed by atoms with Gasteiger partial charge in [0.15, 0.2) is 0 Å². The lowest BCUT2D eigenvalue weighted by Gasteiger charge is -2.26. The molecule has 0 aromatic heterocycles. The summed E-state index contributed by atoms with van der Waals surface area (Å²) in [5.74, 6) is 0.263. The van der Waals surface area contributed by atoms with Gasteiger partial charge in [0, 0.05) is 0 Å². The molecule has 2 fully saturated rings. The maximum atomic E-state index is 11.3. The minimum absolute atomic E-state index is 0.0724. The van der Waals surface area contributed by atoms with Crippen molar-refractivity contribution in [3.8, 4) is 0 Å². The Morgan fingerprint density at radius 1 is 0.564 bits per heavy atom. The number of hydrogen-bond donors (Lipinski definition) is 2.